The van der Waals surface area contributed by atoms with Gasteiger partial charge in [0, 0.05) is 18.7 Å². The number of benzene rings is 1. The first-order chi connectivity index (χ1) is 14.6. The third-order valence-corrected chi connectivity index (χ3v) is 6.89. The van der Waals surface area contributed by atoms with Crippen LogP contribution in [-0.4, -0.2) is 53.5 Å². The number of rotatable bonds is 5. The van der Waals surface area contributed by atoms with Crippen LogP contribution in [0.4, 0.5) is 0 Å². The van der Waals surface area contributed by atoms with Crippen molar-refractivity contribution in [3.63, 3.8) is 0 Å². The number of hydrogen-bond acceptors (Lipinski definition) is 6. The molecule has 0 saturated carbocycles. The second-order valence-corrected chi connectivity index (χ2v) is 8.54. The Labute approximate surface area is 179 Å². The van der Waals surface area contributed by atoms with E-state index in [1.807, 2.05) is 36.4 Å². The SMILES string of the molecule is COC(=O)C1CCN(C(=O)c2ccc([C@H]3SCC(=O)N3Cc3ccco3)cc2)CC1. The Morgan fingerprint density at radius 2 is 1.90 bits per heavy atom. The van der Waals surface area contributed by atoms with Crippen molar-refractivity contribution < 1.29 is 23.5 Å². The van der Waals surface area contributed by atoms with Crippen LogP contribution in [0.25, 0.3) is 0 Å². The van der Waals surface area contributed by atoms with E-state index in [2.05, 4.69) is 0 Å². The third kappa shape index (κ3) is 4.23. The number of hydrogen-bond donors (Lipinski definition) is 0. The summed E-state index contributed by atoms with van der Waals surface area (Å²) in [5.41, 5.74) is 1.60. The highest BCUT2D eigenvalue weighted by atomic mass is 32.2. The number of methoxy groups -OCH3 is 1. The number of piperidine rings is 1. The monoisotopic (exact) mass is 428 g/mol. The van der Waals surface area contributed by atoms with E-state index in [9.17, 15) is 14.4 Å². The number of amides is 2. The summed E-state index contributed by atoms with van der Waals surface area (Å²) in [5, 5.41) is -0.0949. The predicted octanol–water partition coefficient (Wildman–Crippen LogP) is 3.08. The molecule has 0 N–H and O–H groups in total. The normalized spacial score (nSPS) is 19.9. The third-order valence-electron chi connectivity index (χ3n) is 5.63. The molecule has 1 aromatic heterocycles. The smallest absolute Gasteiger partial charge is 0.308 e. The summed E-state index contributed by atoms with van der Waals surface area (Å²) in [4.78, 5) is 40.4. The molecule has 2 aliphatic rings. The van der Waals surface area contributed by atoms with Gasteiger partial charge in [0.2, 0.25) is 5.91 Å². The summed E-state index contributed by atoms with van der Waals surface area (Å²) in [6.45, 7) is 1.52. The van der Waals surface area contributed by atoms with Crippen molar-refractivity contribution >= 4 is 29.5 Å². The molecule has 7 nitrogen and oxygen atoms in total. The van der Waals surface area contributed by atoms with Gasteiger partial charge >= 0.3 is 5.97 Å². The van der Waals surface area contributed by atoms with E-state index in [1.54, 1.807) is 27.8 Å². The van der Waals surface area contributed by atoms with Crippen LogP contribution >= 0.6 is 11.8 Å². The minimum atomic E-state index is -0.200. The fraction of sp³-hybridized carbons (Fsp3) is 0.409. The summed E-state index contributed by atoms with van der Waals surface area (Å²) in [5.74, 6) is 0.898. The Morgan fingerprint density at radius 3 is 2.53 bits per heavy atom. The quantitative estimate of drug-likeness (QED) is 0.681. The van der Waals surface area contributed by atoms with Gasteiger partial charge in [-0.15, -0.1) is 11.8 Å². The number of likely N-dealkylation sites (tertiary alicyclic amines) is 1. The number of ether oxygens (including phenoxy) is 1. The number of nitrogens with zero attached hydrogens (tertiary/aromatic N) is 2. The molecular weight excluding hydrogens is 404 g/mol. The molecule has 2 aliphatic heterocycles. The van der Waals surface area contributed by atoms with Crippen molar-refractivity contribution in [1.82, 2.24) is 9.80 Å². The Morgan fingerprint density at radius 1 is 1.17 bits per heavy atom. The van der Waals surface area contributed by atoms with Gasteiger partial charge in [-0.3, -0.25) is 14.4 Å². The molecule has 1 aromatic carbocycles. The van der Waals surface area contributed by atoms with Crippen molar-refractivity contribution in [2.24, 2.45) is 5.92 Å². The van der Waals surface area contributed by atoms with Crippen molar-refractivity contribution in [3.05, 3.63) is 59.5 Å². The average molecular weight is 429 g/mol. The molecule has 0 bridgehead atoms. The first kappa shape index (κ1) is 20.5. The highest BCUT2D eigenvalue weighted by Crippen LogP contribution is 2.39. The first-order valence-electron chi connectivity index (χ1n) is 9.97. The average Bonchev–Trinajstić information content (AvgIpc) is 3.43. The van der Waals surface area contributed by atoms with Crippen LogP contribution in [0.5, 0.6) is 0 Å². The molecule has 2 fully saturated rings. The molecule has 4 rings (SSSR count). The van der Waals surface area contributed by atoms with Gasteiger partial charge in [0.1, 0.15) is 11.1 Å². The van der Waals surface area contributed by atoms with Crippen LogP contribution in [0.3, 0.4) is 0 Å². The van der Waals surface area contributed by atoms with Gasteiger partial charge in [-0.05, 0) is 42.7 Å². The van der Waals surface area contributed by atoms with Crippen LogP contribution < -0.4 is 0 Å². The first-order valence-corrected chi connectivity index (χ1v) is 11.0. The van der Waals surface area contributed by atoms with Crippen molar-refractivity contribution in [2.45, 2.75) is 24.8 Å². The Balaban J connectivity index is 1.40. The highest BCUT2D eigenvalue weighted by Gasteiger charge is 2.34. The number of carbonyl (C=O) groups is 3. The summed E-state index contributed by atoms with van der Waals surface area (Å²) < 4.78 is 10.2. The van der Waals surface area contributed by atoms with E-state index in [0.717, 1.165) is 11.3 Å². The largest absolute Gasteiger partial charge is 0.469 e. The molecule has 2 amide bonds. The molecule has 0 spiro atoms. The van der Waals surface area contributed by atoms with Crippen LogP contribution in [0.2, 0.25) is 0 Å². The molecule has 2 saturated heterocycles. The summed E-state index contributed by atoms with van der Waals surface area (Å²) >= 11 is 1.58. The van der Waals surface area contributed by atoms with Gasteiger partial charge in [-0.25, -0.2) is 0 Å². The molecule has 0 aliphatic carbocycles. The lowest BCUT2D eigenvalue weighted by Crippen LogP contribution is -2.40. The van der Waals surface area contributed by atoms with Gasteiger partial charge in [-0.1, -0.05) is 12.1 Å². The summed E-state index contributed by atoms with van der Waals surface area (Å²) in [7, 11) is 1.40. The van der Waals surface area contributed by atoms with Crippen molar-refractivity contribution in [2.75, 3.05) is 26.0 Å². The highest BCUT2D eigenvalue weighted by molar-refractivity contribution is 8.00. The topological polar surface area (TPSA) is 80.1 Å². The second-order valence-electron chi connectivity index (χ2n) is 7.48. The standard InChI is InChI=1S/C22H24N2O5S/c1-28-22(27)17-8-10-23(11-9-17)20(26)15-4-6-16(7-5-15)21-24(19(25)14-30-21)13-18-3-2-12-29-18/h2-7,12,17,21H,8-11,13-14H2,1H3/t21-/m1/s1. The molecule has 3 heterocycles. The Hall–Kier alpha value is -2.74. The summed E-state index contributed by atoms with van der Waals surface area (Å²) in [6, 6.07) is 11.1. The molecule has 2 aromatic rings. The van der Waals surface area contributed by atoms with Crippen LogP contribution in [0, 0.1) is 5.92 Å². The Bertz CT molecular complexity index is 904. The van der Waals surface area contributed by atoms with E-state index in [1.165, 1.54) is 7.11 Å². The van der Waals surface area contributed by atoms with Crippen LogP contribution in [0.1, 0.15) is 39.9 Å². The molecule has 1 atom stereocenters. The summed E-state index contributed by atoms with van der Waals surface area (Å²) in [6.07, 6.45) is 2.85. The van der Waals surface area contributed by atoms with Gasteiger partial charge in [0.25, 0.3) is 5.91 Å². The van der Waals surface area contributed by atoms with Gasteiger partial charge in [0.15, 0.2) is 0 Å². The number of furan rings is 1. The zero-order chi connectivity index (χ0) is 21.1. The van der Waals surface area contributed by atoms with Crippen molar-refractivity contribution in [3.8, 4) is 0 Å². The molecular formula is C22H24N2O5S. The van der Waals surface area contributed by atoms with Crippen LogP contribution in [-0.2, 0) is 20.9 Å². The predicted molar refractivity (Wildman–Crippen MR) is 112 cm³/mol. The molecule has 8 heteroatoms. The molecule has 30 heavy (non-hydrogen) atoms. The van der Waals surface area contributed by atoms with Gasteiger partial charge in [-0.2, -0.15) is 0 Å². The maximum atomic E-state index is 12.8. The van der Waals surface area contributed by atoms with Gasteiger partial charge in [0.05, 0.1) is 31.6 Å². The number of thioether (sulfide) groups is 1. The van der Waals surface area contributed by atoms with Crippen molar-refractivity contribution in [1.29, 1.82) is 0 Å². The fourth-order valence-corrected chi connectivity index (χ4v) is 5.12. The minimum Gasteiger partial charge on any atom is -0.469 e. The second kappa shape index (κ2) is 8.95. The zero-order valence-electron chi connectivity index (χ0n) is 16.8. The fourth-order valence-electron chi connectivity index (χ4n) is 3.93. The molecule has 158 valence electrons. The van der Waals surface area contributed by atoms with E-state index in [4.69, 9.17) is 9.15 Å². The minimum absolute atomic E-state index is 0.0348. The molecule has 0 unspecified atom stereocenters. The van der Waals surface area contributed by atoms with E-state index in [-0.39, 0.29) is 29.1 Å². The number of carbonyl (C=O) groups excluding carboxylic acids is 3. The lowest BCUT2D eigenvalue weighted by Gasteiger charge is -2.31. The van der Waals surface area contributed by atoms with E-state index < -0.39 is 0 Å². The Kier molecular flexibility index (Phi) is 6.13. The molecule has 0 radical (unpaired) electrons. The maximum Gasteiger partial charge on any atom is 0.308 e. The van der Waals surface area contributed by atoms with Crippen LogP contribution in [0.15, 0.2) is 47.1 Å². The van der Waals surface area contributed by atoms with E-state index >= 15 is 0 Å². The maximum absolute atomic E-state index is 12.8. The van der Waals surface area contributed by atoms with E-state index in [0.29, 0.717) is 43.8 Å². The lowest BCUT2D eigenvalue weighted by atomic mass is 9.96. The zero-order valence-corrected chi connectivity index (χ0v) is 17.6. The lowest BCUT2D eigenvalue weighted by molar-refractivity contribution is -0.146. The number of esters is 1. The van der Waals surface area contributed by atoms with Gasteiger partial charge < -0.3 is 19.0 Å².